The second-order valence-electron chi connectivity index (χ2n) is 5.66. The molecule has 0 aliphatic rings. The van der Waals surface area contributed by atoms with Gasteiger partial charge in [0.25, 0.3) is 0 Å². The molecule has 1 heterocycles. The van der Waals surface area contributed by atoms with Crippen LogP contribution in [0.25, 0.3) is 0 Å². The molecule has 4 nitrogen and oxygen atoms in total. The second kappa shape index (κ2) is 5.78. The molecule has 0 saturated heterocycles. The van der Waals surface area contributed by atoms with Gasteiger partial charge in [0.1, 0.15) is 17.5 Å². The molecule has 1 aromatic rings. The zero-order valence-electron chi connectivity index (χ0n) is 12.2. The first-order chi connectivity index (χ1) is 8.25. The van der Waals surface area contributed by atoms with E-state index in [-0.39, 0.29) is 5.41 Å². The molecule has 1 atom stereocenters. The van der Waals surface area contributed by atoms with Crippen LogP contribution in [0.4, 0.5) is 11.6 Å². The summed E-state index contributed by atoms with van der Waals surface area (Å²) in [7, 11) is 0. The molecule has 102 valence electrons. The minimum atomic E-state index is -0.0962. The lowest BCUT2D eigenvalue weighted by Crippen LogP contribution is -2.23. The number of nitrogens with zero attached hydrogens (tertiary/aromatic N) is 2. The van der Waals surface area contributed by atoms with Crippen LogP contribution in [0.15, 0.2) is 0 Å². The second-order valence-corrected chi connectivity index (χ2v) is 6.57. The van der Waals surface area contributed by atoms with Crippen molar-refractivity contribution in [3.8, 4) is 0 Å². The van der Waals surface area contributed by atoms with Crippen molar-refractivity contribution in [2.45, 2.75) is 46.1 Å². The molecular formula is C13H24N4S. The van der Waals surface area contributed by atoms with Gasteiger partial charge < -0.3 is 11.1 Å². The maximum atomic E-state index is 5.97. The molecule has 0 aliphatic heterocycles. The monoisotopic (exact) mass is 268 g/mol. The highest BCUT2D eigenvalue weighted by molar-refractivity contribution is 7.98. The third-order valence-electron chi connectivity index (χ3n) is 2.65. The smallest absolute Gasteiger partial charge is 0.138 e. The van der Waals surface area contributed by atoms with Crippen LogP contribution in [0.5, 0.6) is 0 Å². The fraction of sp³-hybridized carbons (Fsp3) is 0.692. The Bertz CT molecular complexity index is 412. The minimum Gasteiger partial charge on any atom is -0.383 e. The van der Waals surface area contributed by atoms with E-state index >= 15 is 0 Å². The fourth-order valence-electron chi connectivity index (χ4n) is 1.54. The van der Waals surface area contributed by atoms with Crippen molar-refractivity contribution in [2.75, 3.05) is 23.1 Å². The minimum absolute atomic E-state index is 0.0962. The molecule has 0 aliphatic carbocycles. The molecular weight excluding hydrogens is 244 g/mol. The summed E-state index contributed by atoms with van der Waals surface area (Å²) < 4.78 is 0. The lowest BCUT2D eigenvalue weighted by molar-refractivity contribution is 0.546. The van der Waals surface area contributed by atoms with Gasteiger partial charge in [0.15, 0.2) is 0 Å². The SMILES string of the molecule is CSCC(C)Nc1nc(C(C)(C)C)nc(N)c1C. The number of hydrogen-bond acceptors (Lipinski definition) is 5. The summed E-state index contributed by atoms with van der Waals surface area (Å²) >= 11 is 1.81. The van der Waals surface area contributed by atoms with Gasteiger partial charge >= 0.3 is 0 Å². The lowest BCUT2D eigenvalue weighted by Gasteiger charge is -2.21. The average molecular weight is 268 g/mol. The Hall–Kier alpha value is -0.970. The van der Waals surface area contributed by atoms with Crippen LogP contribution in [-0.2, 0) is 5.41 Å². The average Bonchev–Trinajstić information content (AvgIpc) is 2.23. The Morgan fingerprint density at radius 1 is 1.33 bits per heavy atom. The fourth-order valence-corrected chi connectivity index (χ4v) is 2.12. The number of nitrogen functional groups attached to an aromatic ring is 1. The quantitative estimate of drug-likeness (QED) is 0.879. The molecule has 5 heteroatoms. The number of rotatable bonds is 4. The molecule has 0 saturated carbocycles. The number of anilines is 2. The summed E-state index contributed by atoms with van der Waals surface area (Å²) in [4.78, 5) is 8.99. The van der Waals surface area contributed by atoms with Crippen LogP contribution >= 0.6 is 11.8 Å². The zero-order chi connectivity index (χ0) is 13.9. The maximum absolute atomic E-state index is 5.97. The van der Waals surface area contributed by atoms with Crippen molar-refractivity contribution in [3.63, 3.8) is 0 Å². The summed E-state index contributed by atoms with van der Waals surface area (Å²) in [6.45, 7) is 10.4. The van der Waals surface area contributed by atoms with E-state index < -0.39 is 0 Å². The van der Waals surface area contributed by atoms with Crippen molar-refractivity contribution < 1.29 is 0 Å². The normalized spacial score (nSPS) is 13.4. The maximum Gasteiger partial charge on any atom is 0.138 e. The Morgan fingerprint density at radius 2 is 1.94 bits per heavy atom. The summed E-state index contributed by atoms with van der Waals surface area (Å²) in [6.07, 6.45) is 2.10. The molecule has 0 fully saturated rings. The molecule has 1 aromatic heterocycles. The summed E-state index contributed by atoms with van der Waals surface area (Å²) in [5.74, 6) is 3.24. The van der Waals surface area contributed by atoms with E-state index in [1.165, 1.54) is 0 Å². The van der Waals surface area contributed by atoms with Crippen molar-refractivity contribution in [2.24, 2.45) is 0 Å². The van der Waals surface area contributed by atoms with Gasteiger partial charge in [-0.25, -0.2) is 9.97 Å². The van der Waals surface area contributed by atoms with Gasteiger partial charge in [0.05, 0.1) is 0 Å². The lowest BCUT2D eigenvalue weighted by atomic mass is 9.95. The molecule has 1 rings (SSSR count). The van der Waals surface area contributed by atoms with Gasteiger partial charge in [0, 0.05) is 22.8 Å². The van der Waals surface area contributed by atoms with Gasteiger partial charge in [0.2, 0.25) is 0 Å². The van der Waals surface area contributed by atoms with Crippen LogP contribution < -0.4 is 11.1 Å². The molecule has 18 heavy (non-hydrogen) atoms. The Kier molecular flexibility index (Phi) is 4.85. The predicted octanol–water partition coefficient (Wildman–Crippen LogP) is 2.83. The zero-order valence-corrected chi connectivity index (χ0v) is 13.0. The van der Waals surface area contributed by atoms with E-state index in [1.54, 1.807) is 0 Å². The number of nitrogens with two attached hydrogens (primary N) is 1. The van der Waals surface area contributed by atoms with Crippen LogP contribution in [0, 0.1) is 6.92 Å². The number of thioether (sulfide) groups is 1. The van der Waals surface area contributed by atoms with Crippen molar-refractivity contribution >= 4 is 23.4 Å². The molecule has 0 spiro atoms. The standard InChI is InChI=1S/C13H24N4S/c1-8(7-18-6)15-11-9(2)10(14)16-12(17-11)13(3,4)5/h8H,7H2,1-6H3,(H3,14,15,16,17). The van der Waals surface area contributed by atoms with E-state index in [9.17, 15) is 0 Å². The van der Waals surface area contributed by atoms with Gasteiger partial charge in [-0.2, -0.15) is 11.8 Å². The van der Waals surface area contributed by atoms with Gasteiger partial charge in [-0.05, 0) is 20.1 Å². The van der Waals surface area contributed by atoms with Crippen LogP contribution in [0.2, 0.25) is 0 Å². The summed E-state index contributed by atoms with van der Waals surface area (Å²) in [5, 5.41) is 3.41. The van der Waals surface area contributed by atoms with Crippen molar-refractivity contribution in [1.29, 1.82) is 0 Å². The first-order valence-corrected chi connectivity index (χ1v) is 7.55. The van der Waals surface area contributed by atoms with E-state index in [4.69, 9.17) is 5.73 Å². The number of hydrogen-bond donors (Lipinski definition) is 2. The van der Waals surface area contributed by atoms with Crippen molar-refractivity contribution in [1.82, 2.24) is 9.97 Å². The highest BCUT2D eigenvalue weighted by atomic mass is 32.2. The molecule has 0 aromatic carbocycles. The highest BCUT2D eigenvalue weighted by Gasteiger charge is 2.20. The Balaban J connectivity index is 3.07. The van der Waals surface area contributed by atoms with Crippen LogP contribution in [0.3, 0.4) is 0 Å². The first-order valence-electron chi connectivity index (χ1n) is 6.15. The summed E-state index contributed by atoms with van der Waals surface area (Å²) in [5.41, 5.74) is 6.80. The van der Waals surface area contributed by atoms with E-state index in [0.717, 1.165) is 23.0 Å². The Labute approximate surface area is 114 Å². The van der Waals surface area contributed by atoms with Gasteiger partial charge in [-0.1, -0.05) is 20.8 Å². The molecule has 1 unspecified atom stereocenters. The third kappa shape index (κ3) is 3.77. The van der Waals surface area contributed by atoms with Gasteiger partial charge in [-0.3, -0.25) is 0 Å². The largest absolute Gasteiger partial charge is 0.383 e. The topological polar surface area (TPSA) is 63.8 Å². The van der Waals surface area contributed by atoms with Crippen LogP contribution in [0.1, 0.15) is 39.1 Å². The van der Waals surface area contributed by atoms with E-state index in [0.29, 0.717) is 11.9 Å². The van der Waals surface area contributed by atoms with Crippen LogP contribution in [-0.4, -0.2) is 28.0 Å². The molecule has 0 radical (unpaired) electrons. The van der Waals surface area contributed by atoms with Crippen molar-refractivity contribution in [3.05, 3.63) is 11.4 Å². The Morgan fingerprint density at radius 3 is 2.44 bits per heavy atom. The van der Waals surface area contributed by atoms with E-state index in [2.05, 4.69) is 49.2 Å². The first kappa shape index (κ1) is 15.1. The highest BCUT2D eigenvalue weighted by Crippen LogP contribution is 2.25. The summed E-state index contributed by atoms with van der Waals surface area (Å²) in [6, 6.07) is 0.362. The number of nitrogens with one attached hydrogen (secondary N) is 1. The molecule has 0 bridgehead atoms. The number of aromatic nitrogens is 2. The van der Waals surface area contributed by atoms with Gasteiger partial charge in [-0.15, -0.1) is 0 Å². The predicted molar refractivity (Wildman–Crippen MR) is 81.3 cm³/mol. The van der Waals surface area contributed by atoms with E-state index in [1.807, 2.05) is 18.7 Å². The third-order valence-corrected chi connectivity index (χ3v) is 3.49. The molecule has 3 N–H and O–H groups in total. The molecule has 0 amide bonds.